The van der Waals surface area contributed by atoms with E-state index in [1.54, 1.807) is 4.81 Å². The minimum atomic E-state index is -1.29. The molecule has 0 unspecified atom stereocenters. The van der Waals surface area contributed by atoms with Crippen molar-refractivity contribution in [2.45, 2.75) is 58.8 Å². The van der Waals surface area contributed by atoms with Crippen molar-refractivity contribution in [3.8, 4) is 0 Å². The molecule has 0 aromatic heterocycles. The average molecular weight is 684 g/mol. The van der Waals surface area contributed by atoms with E-state index in [-0.39, 0.29) is 35.6 Å². The van der Waals surface area contributed by atoms with Gasteiger partial charge in [0.2, 0.25) is 0 Å². The Hall–Kier alpha value is -2.09. The number of rotatable bonds is 3. The van der Waals surface area contributed by atoms with Gasteiger partial charge < -0.3 is 24.8 Å². The van der Waals surface area contributed by atoms with Gasteiger partial charge >= 0.3 is 257 Å². The molecule has 0 heterocycles. The van der Waals surface area contributed by atoms with Crippen LogP contribution in [0.2, 0.25) is 0 Å². The molecule has 2 aliphatic carbocycles. The van der Waals surface area contributed by atoms with Crippen molar-refractivity contribution in [3.05, 3.63) is 146 Å². The van der Waals surface area contributed by atoms with Crippen LogP contribution in [0.5, 0.6) is 0 Å². The Morgan fingerprint density at radius 2 is 1.24 bits per heavy atom. The van der Waals surface area contributed by atoms with Gasteiger partial charge in [0.15, 0.2) is 0 Å². The van der Waals surface area contributed by atoms with E-state index in [0.29, 0.717) is 0 Å². The van der Waals surface area contributed by atoms with Crippen LogP contribution >= 0.6 is 0 Å². The van der Waals surface area contributed by atoms with Crippen molar-refractivity contribution in [2.24, 2.45) is 0 Å². The first-order valence-electron chi connectivity index (χ1n) is 14.4. The van der Waals surface area contributed by atoms with Gasteiger partial charge in [0, 0.05) is 0 Å². The Morgan fingerprint density at radius 3 is 1.74 bits per heavy atom. The van der Waals surface area contributed by atoms with Crippen molar-refractivity contribution < 1.29 is 49.5 Å². The zero-order valence-corrected chi connectivity index (χ0v) is 30.2. The molecule has 6 rings (SSSR count). The van der Waals surface area contributed by atoms with Crippen LogP contribution in [0.25, 0.3) is 8.85 Å². The predicted octanol–water partition coefficient (Wildman–Crippen LogP) is 1.08. The molecule has 4 heteroatoms. The summed E-state index contributed by atoms with van der Waals surface area (Å²) < 4.78 is 1.50. The Balaban J connectivity index is 0.00000202. The molecule has 0 aliphatic heterocycles. The Morgan fingerprint density at radius 1 is 0.643 bits per heavy atom. The third-order valence-corrected chi connectivity index (χ3v) is 12.4. The summed E-state index contributed by atoms with van der Waals surface area (Å²) >= 11 is 1.49. The molecule has 2 aliphatic rings. The van der Waals surface area contributed by atoms with Gasteiger partial charge in [0.1, 0.15) is 0 Å². The molecular weight excluding hydrogens is 647 g/mol. The summed E-state index contributed by atoms with van der Waals surface area (Å²) in [5.74, 6) is 0. The van der Waals surface area contributed by atoms with E-state index in [1.165, 1.54) is 81.9 Å². The van der Waals surface area contributed by atoms with Crippen LogP contribution < -0.4 is 40.4 Å². The van der Waals surface area contributed by atoms with E-state index in [2.05, 4.69) is 145 Å². The minimum Gasteiger partial charge on any atom is -1.00 e. The summed E-state index contributed by atoms with van der Waals surface area (Å²) in [5, 5.41) is 7.19. The van der Waals surface area contributed by atoms with Crippen molar-refractivity contribution >= 4 is 27.6 Å². The fraction of sp³-hybridized carbons (Fsp3) is 0.237. The molecule has 42 heavy (non-hydrogen) atoms. The van der Waals surface area contributed by atoms with Crippen molar-refractivity contribution in [3.63, 3.8) is 0 Å². The molecule has 0 amide bonds. The van der Waals surface area contributed by atoms with Gasteiger partial charge in [-0.2, -0.15) is 0 Å². The van der Waals surface area contributed by atoms with E-state index in [4.69, 9.17) is 0 Å². The fourth-order valence-electron chi connectivity index (χ4n) is 6.21. The molecule has 0 saturated heterocycles. The second-order valence-electron chi connectivity index (χ2n) is 13.2. The predicted molar refractivity (Wildman–Crippen MR) is 169 cm³/mol. The molecule has 0 saturated carbocycles. The zero-order valence-electron chi connectivity index (χ0n) is 25.3. The number of benzene rings is 4. The topological polar surface area (TPSA) is 0 Å². The smallest absolute Gasteiger partial charge is 1.00 e. The summed E-state index contributed by atoms with van der Waals surface area (Å²) in [6.45, 7) is 14.2. The first-order chi connectivity index (χ1) is 19.1. The van der Waals surface area contributed by atoms with E-state index in [9.17, 15) is 0 Å². The molecule has 0 bridgehead atoms. The maximum Gasteiger partial charge on any atom is -1.00 e. The maximum atomic E-state index is 2.59. The first kappa shape index (κ1) is 32.8. The quantitative estimate of drug-likeness (QED) is 0.284. The van der Waals surface area contributed by atoms with Gasteiger partial charge in [-0.3, -0.25) is 0 Å². The van der Waals surface area contributed by atoms with Crippen LogP contribution in [0.15, 0.2) is 103 Å². The molecule has 0 spiro atoms. The zero-order chi connectivity index (χ0) is 28.2. The van der Waals surface area contributed by atoms with Crippen LogP contribution in [0, 0.1) is 15.3 Å². The second kappa shape index (κ2) is 12.5. The van der Waals surface area contributed by atoms with Crippen LogP contribution in [0.4, 0.5) is 0 Å². The number of hydrogen-bond acceptors (Lipinski definition) is 0. The number of hydrogen-bond donors (Lipinski definition) is 0. The van der Waals surface area contributed by atoms with E-state index >= 15 is 0 Å². The van der Waals surface area contributed by atoms with Crippen molar-refractivity contribution in [1.29, 1.82) is 0 Å². The molecule has 0 N–H and O–H groups in total. The molecule has 0 fully saturated rings. The van der Waals surface area contributed by atoms with E-state index in [0.717, 1.165) is 6.42 Å². The molecule has 0 radical (unpaired) electrons. The van der Waals surface area contributed by atoms with Gasteiger partial charge in [0.05, 0.1) is 0 Å². The molecular formula is C38H37Cl2SiZr. The largest absolute Gasteiger partial charge is 1.00 e. The number of allylic oxidation sites excluding steroid dienone is 4. The summed E-state index contributed by atoms with van der Waals surface area (Å²) in [6, 6.07) is 32.5. The Bertz CT molecular complexity index is 1880. The van der Waals surface area contributed by atoms with Gasteiger partial charge in [0.25, 0.3) is 0 Å². The normalized spacial score (nSPS) is 13.6. The fourth-order valence-corrected chi connectivity index (χ4v) is 10.6. The Labute approximate surface area is 279 Å². The summed E-state index contributed by atoms with van der Waals surface area (Å²) in [4.78, 5) is 1.58. The Kier molecular flexibility index (Phi) is 9.76. The van der Waals surface area contributed by atoms with Crippen molar-refractivity contribution in [2.75, 3.05) is 0 Å². The second-order valence-corrected chi connectivity index (χ2v) is 16.8. The van der Waals surface area contributed by atoms with Crippen molar-refractivity contribution in [1.82, 2.24) is 0 Å². The van der Waals surface area contributed by atoms with E-state index in [1.807, 2.05) is 0 Å². The third kappa shape index (κ3) is 5.86. The molecule has 4 aromatic rings. The summed E-state index contributed by atoms with van der Waals surface area (Å²) in [5.41, 5.74) is 7.48. The monoisotopic (exact) mass is 681 g/mol. The molecule has 0 atom stereocenters. The molecule has 4 aromatic carbocycles. The van der Waals surface area contributed by atoms with Crippen LogP contribution in [0.1, 0.15) is 70.2 Å². The standard InChI is InChI=1S/C38H37Si.2ClH.Zr/c1-37(2,3)28-22-21-27-23-33-32(31(27)24-28)25-34(38(4,5)6)36(35(33)26-15-13-14-16-26)39(29-17-9-7-10-18-29)30-19-11-8-12-20-30;;;/h7-15,17-22,24-25H,16H2,1-6H3;2*1H;/q;;;+2/p-2. The first-order valence-corrected chi connectivity index (χ1v) is 17.1. The van der Waals surface area contributed by atoms with Crippen LogP contribution in [-0.2, 0) is 35.5 Å². The third-order valence-electron chi connectivity index (χ3n) is 8.30. The van der Waals surface area contributed by atoms with Crippen LogP contribution in [0.3, 0.4) is 0 Å². The summed E-state index contributed by atoms with van der Waals surface area (Å²) in [7, 11) is -1.29. The van der Waals surface area contributed by atoms with Gasteiger partial charge in [-0.15, -0.1) is 0 Å². The van der Waals surface area contributed by atoms with Gasteiger partial charge in [-0.1, -0.05) is 0 Å². The minimum absolute atomic E-state index is 0. The molecule has 0 nitrogen and oxygen atoms in total. The van der Waals surface area contributed by atoms with Gasteiger partial charge in [-0.05, 0) is 0 Å². The maximum absolute atomic E-state index is 2.59. The SMILES string of the molecule is CC(C)(C)c1ccc2c(c1)=c1cc(C(C)(C)C)c(=[Si](c3ccccc3)c3ccccc3)c(C3=CC=CC3)c1[C]=2[Zr+2].[Cl-].[Cl-]. The number of fused-ring (bicyclic) bond motifs is 2. The molecule has 211 valence electrons. The number of halogens is 2. The average Bonchev–Trinajstić information content (AvgIpc) is 3.56. The van der Waals surface area contributed by atoms with Gasteiger partial charge in [-0.25, -0.2) is 0 Å². The van der Waals surface area contributed by atoms with E-state index < -0.39 is 8.41 Å². The summed E-state index contributed by atoms with van der Waals surface area (Å²) in [6.07, 6.45) is 7.97. The van der Waals surface area contributed by atoms with Crippen LogP contribution in [-0.4, -0.2) is 8.41 Å².